The van der Waals surface area contributed by atoms with E-state index in [4.69, 9.17) is 0 Å². The molecule has 1 unspecified atom stereocenters. The van der Waals surface area contributed by atoms with Gasteiger partial charge in [0.2, 0.25) is 5.91 Å². The SMILES string of the molecule is Cc1nn(CC(C)C)c(C)c1CCC(=O)N(C)C(C)C1CC1. The van der Waals surface area contributed by atoms with Crippen molar-refractivity contribution in [3.8, 4) is 0 Å². The number of hydrogen-bond donors (Lipinski definition) is 0. The number of aromatic nitrogens is 2. The summed E-state index contributed by atoms with van der Waals surface area (Å²) in [6.45, 7) is 11.7. The van der Waals surface area contributed by atoms with Gasteiger partial charge in [0.25, 0.3) is 0 Å². The van der Waals surface area contributed by atoms with Gasteiger partial charge >= 0.3 is 0 Å². The second-order valence-electron chi connectivity index (χ2n) is 7.31. The lowest BCUT2D eigenvalue weighted by atomic mass is 10.1. The van der Waals surface area contributed by atoms with E-state index in [2.05, 4.69) is 44.4 Å². The Balaban J connectivity index is 1.96. The molecular weight excluding hydrogens is 274 g/mol. The third kappa shape index (κ3) is 3.90. The fourth-order valence-electron chi connectivity index (χ4n) is 3.15. The Morgan fingerprint density at radius 2 is 1.95 bits per heavy atom. The molecule has 124 valence electrons. The molecule has 0 spiro atoms. The maximum absolute atomic E-state index is 12.4. The topological polar surface area (TPSA) is 38.1 Å². The molecule has 1 aromatic rings. The smallest absolute Gasteiger partial charge is 0.222 e. The van der Waals surface area contributed by atoms with E-state index >= 15 is 0 Å². The molecule has 4 heteroatoms. The zero-order valence-electron chi connectivity index (χ0n) is 15.0. The lowest BCUT2D eigenvalue weighted by Crippen LogP contribution is -2.36. The van der Waals surface area contributed by atoms with Crippen LogP contribution in [0.15, 0.2) is 0 Å². The van der Waals surface area contributed by atoms with Crippen molar-refractivity contribution in [3.05, 3.63) is 17.0 Å². The molecule has 0 radical (unpaired) electrons. The van der Waals surface area contributed by atoms with Crippen LogP contribution in [0.2, 0.25) is 0 Å². The molecular formula is C18H31N3O. The van der Waals surface area contributed by atoms with Crippen LogP contribution in [0.4, 0.5) is 0 Å². The molecule has 0 saturated heterocycles. The normalized spacial score (nSPS) is 16.1. The van der Waals surface area contributed by atoms with Crippen molar-refractivity contribution >= 4 is 5.91 Å². The minimum absolute atomic E-state index is 0.259. The summed E-state index contributed by atoms with van der Waals surface area (Å²) < 4.78 is 2.09. The first-order chi connectivity index (χ1) is 10.3. The predicted molar refractivity (Wildman–Crippen MR) is 89.8 cm³/mol. The highest BCUT2D eigenvalue weighted by Gasteiger charge is 2.32. The van der Waals surface area contributed by atoms with Gasteiger partial charge in [0.05, 0.1) is 5.69 Å². The monoisotopic (exact) mass is 305 g/mol. The molecule has 1 aliphatic rings. The van der Waals surface area contributed by atoms with Gasteiger partial charge in [0.1, 0.15) is 0 Å². The van der Waals surface area contributed by atoms with Gasteiger partial charge in [-0.25, -0.2) is 0 Å². The van der Waals surface area contributed by atoms with E-state index in [1.165, 1.54) is 24.1 Å². The Bertz CT molecular complexity index is 529. The summed E-state index contributed by atoms with van der Waals surface area (Å²) in [5, 5.41) is 4.64. The molecule has 1 aliphatic carbocycles. The first-order valence-electron chi connectivity index (χ1n) is 8.59. The largest absolute Gasteiger partial charge is 0.343 e. The highest BCUT2D eigenvalue weighted by Crippen LogP contribution is 2.34. The van der Waals surface area contributed by atoms with E-state index in [-0.39, 0.29) is 5.91 Å². The van der Waals surface area contributed by atoms with Gasteiger partial charge < -0.3 is 4.90 Å². The molecule has 2 rings (SSSR count). The van der Waals surface area contributed by atoms with Crippen LogP contribution < -0.4 is 0 Å². The van der Waals surface area contributed by atoms with Crippen LogP contribution in [-0.4, -0.2) is 33.7 Å². The van der Waals surface area contributed by atoms with Crippen LogP contribution in [0.5, 0.6) is 0 Å². The van der Waals surface area contributed by atoms with Gasteiger partial charge in [-0.05, 0) is 57.4 Å². The van der Waals surface area contributed by atoms with Crippen molar-refractivity contribution in [2.75, 3.05) is 7.05 Å². The summed E-state index contributed by atoms with van der Waals surface area (Å²) in [4.78, 5) is 14.3. The van der Waals surface area contributed by atoms with Gasteiger partial charge in [-0.3, -0.25) is 9.48 Å². The molecule has 1 fully saturated rings. The van der Waals surface area contributed by atoms with Gasteiger partial charge in [-0.15, -0.1) is 0 Å². The minimum Gasteiger partial charge on any atom is -0.343 e. The van der Waals surface area contributed by atoms with Crippen molar-refractivity contribution in [1.29, 1.82) is 0 Å². The maximum Gasteiger partial charge on any atom is 0.222 e. The zero-order chi connectivity index (χ0) is 16.4. The average Bonchev–Trinajstić information content (AvgIpc) is 3.25. The second kappa shape index (κ2) is 6.84. The van der Waals surface area contributed by atoms with Crippen molar-refractivity contribution in [2.45, 2.75) is 72.9 Å². The van der Waals surface area contributed by atoms with Crippen LogP contribution in [0.1, 0.15) is 57.0 Å². The fraction of sp³-hybridized carbons (Fsp3) is 0.778. The average molecular weight is 305 g/mol. The first-order valence-corrected chi connectivity index (χ1v) is 8.59. The van der Waals surface area contributed by atoms with E-state index in [0.29, 0.717) is 18.4 Å². The Morgan fingerprint density at radius 3 is 2.50 bits per heavy atom. The molecule has 0 aromatic carbocycles. The number of rotatable bonds is 7. The molecule has 0 aliphatic heterocycles. The van der Waals surface area contributed by atoms with Crippen molar-refractivity contribution in [1.82, 2.24) is 14.7 Å². The Hall–Kier alpha value is -1.32. The second-order valence-corrected chi connectivity index (χ2v) is 7.31. The number of nitrogens with zero attached hydrogens (tertiary/aromatic N) is 3. The van der Waals surface area contributed by atoms with E-state index in [1.807, 2.05) is 11.9 Å². The van der Waals surface area contributed by atoms with Crippen LogP contribution in [0, 0.1) is 25.7 Å². The summed E-state index contributed by atoms with van der Waals surface area (Å²) in [6.07, 6.45) is 3.94. The van der Waals surface area contributed by atoms with E-state index < -0.39 is 0 Å². The summed E-state index contributed by atoms with van der Waals surface area (Å²) >= 11 is 0. The quantitative estimate of drug-likeness (QED) is 0.775. The number of hydrogen-bond acceptors (Lipinski definition) is 2. The van der Waals surface area contributed by atoms with Crippen molar-refractivity contribution in [3.63, 3.8) is 0 Å². The highest BCUT2D eigenvalue weighted by molar-refractivity contribution is 5.76. The predicted octanol–water partition coefficient (Wildman–Crippen LogP) is 3.35. The summed E-state index contributed by atoms with van der Waals surface area (Å²) in [5.41, 5.74) is 3.54. The summed E-state index contributed by atoms with van der Waals surface area (Å²) in [7, 11) is 1.95. The summed E-state index contributed by atoms with van der Waals surface area (Å²) in [6, 6.07) is 0.387. The van der Waals surface area contributed by atoms with E-state index in [0.717, 1.165) is 24.6 Å². The van der Waals surface area contributed by atoms with Crippen molar-refractivity contribution < 1.29 is 4.79 Å². The van der Waals surface area contributed by atoms with Gasteiger partial charge in [-0.1, -0.05) is 13.8 Å². The molecule has 1 heterocycles. The fourth-order valence-corrected chi connectivity index (χ4v) is 3.15. The molecule has 4 nitrogen and oxygen atoms in total. The molecule has 0 bridgehead atoms. The number of carbonyl (C=O) groups excluding carboxylic acids is 1. The molecule has 0 N–H and O–H groups in total. The number of amides is 1. The summed E-state index contributed by atoms with van der Waals surface area (Å²) in [5.74, 6) is 1.57. The standard InChI is InChI=1S/C18H31N3O/c1-12(2)11-21-15(5)17(13(3)19-21)9-10-18(22)20(6)14(4)16-7-8-16/h12,14,16H,7-11H2,1-6H3. The molecule has 1 atom stereocenters. The van der Waals surface area contributed by atoms with Gasteiger partial charge in [0.15, 0.2) is 0 Å². The van der Waals surface area contributed by atoms with Crippen LogP contribution in [-0.2, 0) is 17.8 Å². The van der Waals surface area contributed by atoms with Crippen LogP contribution in [0.25, 0.3) is 0 Å². The van der Waals surface area contributed by atoms with E-state index in [1.54, 1.807) is 0 Å². The lowest BCUT2D eigenvalue weighted by Gasteiger charge is -2.25. The van der Waals surface area contributed by atoms with Gasteiger partial charge in [0, 0.05) is 31.7 Å². The zero-order valence-corrected chi connectivity index (χ0v) is 15.0. The lowest BCUT2D eigenvalue weighted by molar-refractivity contribution is -0.132. The van der Waals surface area contributed by atoms with E-state index in [9.17, 15) is 4.79 Å². The van der Waals surface area contributed by atoms with Crippen molar-refractivity contribution in [2.24, 2.45) is 11.8 Å². The number of carbonyl (C=O) groups is 1. The molecule has 1 aromatic heterocycles. The Kier molecular flexibility index (Phi) is 5.30. The third-order valence-electron chi connectivity index (χ3n) is 4.97. The van der Waals surface area contributed by atoms with Crippen LogP contribution >= 0.6 is 0 Å². The first kappa shape index (κ1) is 17.0. The minimum atomic E-state index is 0.259. The third-order valence-corrected chi connectivity index (χ3v) is 4.97. The Labute approximate surface area is 134 Å². The van der Waals surface area contributed by atoms with Crippen LogP contribution in [0.3, 0.4) is 0 Å². The van der Waals surface area contributed by atoms with Gasteiger partial charge in [-0.2, -0.15) is 5.10 Å². The molecule has 1 amide bonds. The molecule has 1 saturated carbocycles. The Morgan fingerprint density at radius 1 is 1.32 bits per heavy atom. The number of aryl methyl sites for hydroxylation is 1. The highest BCUT2D eigenvalue weighted by atomic mass is 16.2. The molecule has 22 heavy (non-hydrogen) atoms. The maximum atomic E-state index is 12.4.